The van der Waals surface area contributed by atoms with Crippen LogP contribution in [-0.4, -0.2) is 61.5 Å². The van der Waals surface area contributed by atoms with Crippen LogP contribution in [0.15, 0.2) is 24.3 Å². The minimum absolute atomic E-state index is 0.436. The summed E-state index contributed by atoms with van der Waals surface area (Å²) in [4.78, 5) is 2.33. The summed E-state index contributed by atoms with van der Waals surface area (Å²) < 4.78 is 10.8. The monoisotopic (exact) mass is 295 g/mol. The molecule has 21 heavy (non-hydrogen) atoms. The van der Waals surface area contributed by atoms with Gasteiger partial charge >= 0.3 is 7.12 Å². The van der Waals surface area contributed by atoms with Crippen LogP contribution >= 0.6 is 0 Å². The van der Waals surface area contributed by atoms with Crippen molar-refractivity contribution >= 4 is 12.6 Å². The van der Waals surface area contributed by atoms with E-state index in [9.17, 15) is 0 Å². The van der Waals surface area contributed by atoms with Crippen LogP contribution in [-0.2, 0) is 4.74 Å². The van der Waals surface area contributed by atoms with Gasteiger partial charge in [-0.15, -0.1) is 0 Å². The van der Waals surface area contributed by atoms with E-state index in [1.807, 2.05) is 6.07 Å². The molecule has 1 unspecified atom stereocenters. The van der Waals surface area contributed by atoms with Gasteiger partial charge in [0.05, 0.1) is 6.61 Å². The second kappa shape index (κ2) is 9.79. The highest BCUT2D eigenvalue weighted by molar-refractivity contribution is 6.58. The molecule has 0 saturated heterocycles. The molecule has 0 saturated carbocycles. The molecule has 0 amide bonds. The predicted octanol–water partition coefficient (Wildman–Crippen LogP) is 0.492. The highest BCUT2D eigenvalue weighted by Gasteiger charge is 2.13. The molecule has 5 nitrogen and oxygen atoms in total. The van der Waals surface area contributed by atoms with Crippen molar-refractivity contribution in [3.8, 4) is 5.75 Å². The van der Waals surface area contributed by atoms with Crippen molar-refractivity contribution in [2.24, 2.45) is 0 Å². The molecule has 1 aromatic rings. The smallest absolute Gasteiger partial charge is 0.488 e. The first-order chi connectivity index (χ1) is 10.1. The van der Waals surface area contributed by atoms with E-state index < -0.39 is 7.12 Å². The Morgan fingerprint density at radius 3 is 2.57 bits per heavy atom. The Kier molecular flexibility index (Phi) is 8.38. The number of benzene rings is 1. The Labute approximate surface area is 127 Å². The van der Waals surface area contributed by atoms with Gasteiger partial charge in [-0.05, 0) is 30.9 Å². The number of nitrogens with zero attached hydrogens (tertiary/aromatic N) is 1. The zero-order chi connectivity index (χ0) is 15.7. The highest BCUT2D eigenvalue weighted by atomic mass is 16.5. The van der Waals surface area contributed by atoms with E-state index in [-0.39, 0.29) is 0 Å². The third-order valence-corrected chi connectivity index (χ3v) is 3.60. The zero-order valence-corrected chi connectivity index (χ0v) is 13.2. The Bertz CT molecular complexity index is 403. The second-order valence-electron chi connectivity index (χ2n) is 5.08. The lowest BCUT2D eigenvalue weighted by atomic mass is 9.80. The average molecular weight is 295 g/mol. The fourth-order valence-corrected chi connectivity index (χ4v) is 2.07. The molecule has 0 aromatic heterocycles. The van der Waals surface area contributed by atoms with Gasteiger partial charge in [0.1, 0.15) is 12.4 Å². The molecule has 2 N–H and O–H groups in total. The quantitative estimate of drug-likeness (QED) is 0.615. The molecule has 0 heterocycles. The lowest BCUT2D eigenvalue weighted by Crippen LogP contribution is -2.38. The van der Waals surface area contributed by atoms with Gasteiger partial charge in [-0.3, -0.25) is 4.90 Å². The molecule has 6 heteroatoms. The van der Waals surface area contributed by atoms with Gasteiger partial charge in [-0.2, -0.15) is 0 Å². The van der Waals surface area contributed by atoms with Gasteiger partial charge in [0, 0.05) is 26.2 Å². The minimum Gasteiger partial charge on any atom is -0.492 e. The molecule has 0 radical (unpaired) electrons. The van der Waals surface area contributed by atoms with E-state index in [1.165, 1.54) is 0 Å². The Balaban J connectivity index is 2.47. The number of rotatable bonds is 10. The molecule has 1 rings (SSSR count). The summed E-state index contributed by atoms with van der Waals surface area (Å²) in [5.41, 5.74) is 0.436. The SMILES string of the molecule is CCC(C)N(CCOC)CCOc1cccc(B(O)O)c1. The maximum Gasteiger partial charge on any atom is 0.488 e. The molecule has 118 valence electrons. The summed E-state index contributed by atoms with van der Waals surface area (Å²) in [6.45, 7) is 7.31. The van der Waals surface area contributed by atoms with Gasteiger partial charge in [0.2, 0.25) is 0 Å². The molecule has 0 bridgehead atoms. The number of hydrogen-bond acceptors (Lipinski definition) is 5. The van der Waals surface area contributed by atoms with E-state index in [0.717, 1.165) is 19.5 Å². The predicted molar refractivity (Wildman–Crippen MR) is 85.0 cm³/mol. The summed E-state index contributed by atoms with van der Waals surface area (Å²) in [5, 5.41) is 18.3. The van der Waals surface area contributed by atoms with Crippen molar-refractivity contribution in [2.75, 3.05) is 33.4 Å². The Morgan fingerprint density at radius 1 is 1.24 bits per heavy atom. The number of methoxy groups -OCH3 is 1. The fraction of sp³-hybridized carbons (Fsp3) is 0.600. The fourth-order valence-electron chi connectivity index (χ4n) is 2.07. The van der Waals surface area contributed by atoms with Gasteiger partial charge < -0.3 is 19.5 Å². The molecular weight excluding hydrogens is 269 g/mol. The minimum atomic E-state index is -1.47. The average Bonchev–Trinajstić information content (AvgIpc) is 2.50. The maximum atomic E-state index is 9.14. The lowest BCUT2D eigenvalue weighted by molar-refractivity contribution is 0.109. The van der Waals surface area contributed by atoms with Crippen LogP contribution in [0.5, 0.6) is 5.75 Å². The highest BCUT2D eigenvalue weighted by Crippen LogP contribution is 2.09. The van der Waals surface area contributed by atoms with Crippen molar-refractivity contribution in [2.45, 2.75) is 26.3 Å². The number of hydrogen-bond donors (Lipinski definition) is 2. The molecule has 1 aromatic carbocycles. The molecule has 0 spiro atoms. The topological polar surface area (TPSA) is 62.2 Å². The van der Waals surface area contributed by atoms with Gasteiger partial charge in [-0.1, -0.05) is 19.1 Å². The lowest BCUT2D eigenvalue weighted by Gasteiger charge is -2.28. The standard InChI is InChI=1S/C15H26BNO4/c1-4-13(2)17(8-10-20-3)9-11-21-15-7-5-6-14(12-15)16(18)19/h5-7,12-13,18-19H,4,8-11H2,1-3H3. The van der Waals surface area contributed by atoms with Gasteiger partial charge in [0.15, 0.2) is 0 Å². The molecular formula is C15H26BNO4. The van der Waals surface area contributed by atoms with Crippen LogP contribution in [0, 0.1) is 0 Å². The molecule has 1 atom stereocenters. The third-order valence-electron chi connectivity index (χ3n) is 3.60. The Morgan fingerprint density at radius 2 is 1.95 bits per heavy atom. The van der Waals surface area contributed by atoms with Crippen molar-refractivity contribution < 1.29 is 19.5 Å². The summed E-state index contributed by atoms with van der Waals surface area (Å²) >= 11 is 0. The first-order valence-corrected chi connectivity index (χ1v) is 7.40. The van der Waals surface area contributed by atoms with E-state index in [2.05, 4.69) is 18.7 Å². The van der Waals surface area contributed by atoms with Crippen molar-refractivity contribution in [3.63, 3.8) is 0 Å². The normalized spacial score (nSPS) is 12.5. The maximum absolute atomic E-state index is 9.14. The van der Waals surface area contributed by atoms with E-state index >= 15 is 0 Å². The van der Waals surface area contributed by atoms with Crippen LogP contribution in [0.25, 0.3) is 0 Å². The number of ether oxygens (including phenoxy) is 2. The first kappa shape index (κ1) is 18.0. The third kappa shape index (κ3) is 6.48. The summed E-state index contributed by atoms with van der Waals surface area (Å²) in [6.07, 6.45) is 1.08. The van der Waals surface area contributed by atoms with Crippen molar-refractivity contribution in [1.82, 2.24) is 4.90 Å². The molecule has 0 aliphatic heterocycles. The van der Waals surface area contributed by atoms with Crippen LogP contribution in [0.3, 0.4) is 0 Å². The summed E-state index contributed by atoms with van der Waals surface area (Å²) in [7, 11) is 0.239. The Hall–Kier alpha value is -1.08. The van der Waals surface area contributed by atoms with Gasteiger partial charge in [0.25, 0.3) is 0 Å². The second-order valence-corrected chi connectivity index (χ2v) is 5.08. The van der Waals surface area contributed by atoms with Crippen LogP contribution < -0.4 is 10.2 Å². The zero-order valence-electron chi connectivity index (χ0n) is 13.2. The van der Waals surface area contributed by atoms with E-state index in [1.54, 1.807) is 25.3 Å². The van der Waals surface area contributed by atoms with Gasteiger partial charge in [-0.25, -0.2) is 0 Å². The van der Waals surface area contributed by atoms with Crippen molar-refractivity contribution in [1.29, 1.82) is 0 Å². The van der Waals surface area contributed by atoms with E-state index in [4.69, 9.17) is 19.5 Å². The molecule has 0 aliphatic rings. The van der Waals surface area contributed by atoms with Crippen molar-refractivity contribution in [3.05, 3.63) is 24.3 Å². The van der Waals surface area contributed by atoms with E-state index in [0.29, 0.717) is 30.5 Å². The summed E-state index contributed by atoms with van der Waals surface area (Å²) in [6, 6.07) is 7.35. The summed E-state index contributed by atoms with van der Waals surface area (Å²) in [5.74, 6) is 0.649. The largest absolute Gasteiger partial charge is 0.492 e. The van der Waals surface area contributed by atoms with Crippen LogP contribution in [0.2, 0.25) is 0 Å². The molecule has 0 fully saturated rings. The van der Waals surface area contributed by atoms with Crippen LogP contribution in [0.1, 0.15) is 20.3 Å². The first-order valence-electron chi connectivity index (χ1n) is 7.40. The molecule has 0 aliphatic carbocycles. The van der Waals surface area contributed by atoms with Crippen LogP contribution in [0.4, 0.5) is 0 Å².